The van der Waals surface area contributed by atoms with Crippen molar-refractivity contribution in [2.75, 3.05) is 26.2 Å². The summed E-state index contributed by atoms with van der Waals surface area (Å²) >= 11 is 0. The quantitative estimate of drug-likeness (QED) is 0.289. The normalized spacial score (nSPS) is 11.5. The molecule has 1 N–H and O–H groups in total. The van der Waals surface area contributed by atoms with Crippen LogP contribution < -0.4 is 0 Å². The minimum atomic E-state index is 0.242. The lowest BCUT2D eigenvalue weighted by atomic mass is 10.2. The van der Waals surface area contributed by atoms with Gasteiger partial charge in [0.05, 0.1) is 23.6 Å². The van der Waals surface area contributed by atoms with Gasteiger partial charge in [-0.15, -0.1) is 0 Å². The van der Waals surface area contributed by atoms with Gasteiger partial charge in [-0.25, -0.2) is 0 Å². The fourth-order valence-electron chi connectivity index (χ4n) is 3.89. The van der Waals surface area contributed by atoms with Crippen LogP contribution in [0.2, 0.25) is 0 Å². The van der Waals surface area contributed by atoms with Gasteiger partial charge in [0.25, 0.3) is 0 Å². The lowest BCUT2D eigenvalue weighted by Crippen LogP contribution is -2.36. The third-order valence-electron chi connectivity index (χ3n) is 5.78. The first-order valence-electron chi connectivity index (χ1n) is 12.2. The van der Waals surface area contributed by atoms with Crippen molar-refractivity contribution in [3.63, 3.8) is 0 Å². The lowest BCUT2D eigenvalue weighted by molar-refractivity contribution is 0.187. The summed E-state index contributed by atoms with van der Waals surface area (Å²) in [6.07, 6.45) is 7.25. The van der Waals surface area contributed by atoms with Gasteiger partial charge in [-0.1, -0.05) is 30.3 Å². The molecule has 4 rings (SSSR count). The second-order valence-electron chi connectivity index (χ2n) is 8.54. The van der Waals surface area contributed by atoms with Crippen molar-refractivity contribution < 1.29 is 5.11 Å². The van der Waals surface area contributed by atoms with Gasteiger partial charge in [0, 0.05) is 69.6 Å². The van der Waals surface area contributed by atoms with E-state index >= 15 is 0 Å². The maximum atomic E-state index is 9.98. The Hall–Kier alpha value is -3.94. The van der Waals surface area contributed by atoms with Crippen LogP contribution in [0.3, 0.4) is 0 Å². The van der Waals surface area contributed by atoms with Gasteiger partial charge in [0.15, 0.2) is 0 Å². The van der Waals surface area contributed by atoms with Gasteiger partial charge in [0.1, 0.15) is 5.75 Å². The third kappa shape index (κ3) is 8.37. The molecular weight excluding hydrogens is 448 g/mol. The predicted octanol–water partition coefficient (Wildman–Crippen LogP) is 4.20. The van der Waals surface area contributed by atoms with Gasteiger partial charge in [-0.2, -0.15) is 0 Å². The van der Waals surface area contributed by atoms with Crippen molar-refractivity contribution in [2.24, 2.45) is 4.99 Å². The second kappa shape index (κ2) is 13.8. The van der Waals surface area contributed by atoms with Crippen molar-refractivity contribution >= 4 is 6.21 Å². The molecule has 0 aliphatic carbocycles. The highest BCUT2D eigenvalue weighted by Crippen LogP contribution is 2.13. The van der Waals surface area contributed by atoms with Crippen LogP contribution in [0.4, 0.5) is 0 Å². The molecule has 0 unspecified atom stereocenters. The Morgan fingerprint density at radius 3 is 1.64 bits per heavy atom. The van der Waals surface area contributed by atoms with E-state index in [0.29, 0.717) is 6.54 Å². The summed E-state index contributed by atoms with van der Waals surface area (Å²) in [4.78, 5) is 22.9. The highest BCUT2D eigenvalue weighted by molar-refractivity contribution is 5.83. The summed E-state index contributed by atoms with van der Waals surface area (Å²) in [5, 5.41) is 9.98. The van der Waals surface area contributed by atoms with E-state index in [1.54, 1.807) is 12.3 Å². The molecule has 0 aliphatic heterocycles. The number of rotatable bonds is 13. The number of nitrogens with zero attached hydrogens (tertiary/aromatic N) is 6. The summed E-state index contributed by atoms with van der Waals surface area (Å²) in [5.41, 5.74) is 3.84. The summed E-state index contributed by atoms with van der Waals surface area (Å²) in [7, 11) is 0. The second-order valence-corrected chi connectivity index (χ2v) is 8.54. The van der Waals surface area contributed by atoms with Crippen LogP contribution in [-0.2, 0) is 19.6 Å². The van der Waals surface area contributed by atoms with E-state index in [4.69, 9.17) is 0 Å². The van der Waals surface area contributed by atoms with Crippen LogP contribution in [-0.4, -0.2) is 62.3 Å². The summed E-state index contributed by atoms with van der Waals surface area (Å²) in [5.74, 6) is 0.242. The number of aromatic nitrogens is 3. The molecule has 0 saturated heterocycles. The van der Waals surface area contributed by atoms with Crippen LogP contribution in [0.25, 0.3) is 0 Å². The molecule has 0 saturated carbocycles. The number of phenolic OH excluding ortho intramolecular Hbond substituents is 1. The summed E-state index contributed by atoms with van der Waals surface area (Å²) < 4.78 is 0. The van der Waals surface area contributed by atoms with Crippen LogP contribution >= 0.6 is 0 Å². The van der Waals surface area contributed by atoms with Crippen molar-refractivity contribution in [3.8, 4) is 5.75 Å². The Labute approximate surface area is 212 Å². The predicted molar refractivity (Wildman–Crippen MR) is 143 cm³/mol. The Morgan fingerprint density at radius 1 is 0.611 bits per heavy atom. The molecule has 4 aromatic rings. The van der Waals surface area contributed by atoms with Crippen molar-refractivity contribution in [2.45, 2.75) is 19.6 Å². The molecule has 3 heterocycles. The molecule has 0 aliphatic rings. The van der Waals surface area contributed by atoms with E-state index < -0.39 is 0 Å². The largest absolute Gasteiger partial charge is 0.507 e. The SMILES string of the molecule is Oc1ccccc1C=NCCN(CCN(Cc1ccccn1)Cc1ccccn1)Cc1ccccn1. The molecule has 0 amide bonds. The number of aromatic hydroxyl groups is 1. The Balaban J connectivity index is 1.41. The van der Waals surface area contributed by atoms with Gasteiger partial charge < -0.3 is 5.11 Å². The average Bonchev–Trinajstić information content (AvgIpc) is 2.92. The Bertz CT molecular complexity index is 1150. The number of aliphatic imine (C=N–C) groups is 1. The zero-order chi connectivity index (χ0) is 24.8. The number of phenols is 1. The monoisotopic (exact) mass is 480 g/mol. The molecule has 3 aromatic heterocycles. The minimum absolute atomic E-state index is 0.242. The highest BCUT2D eigenvalue weighted by atomic mass is 16.3. The molecule has 0 atom stereocenters. The van der Waals surface area contributed by atoms with Crippen LogP contribution in [0.5, 0.6) is 5.75 Å². The number of hydrogen-bond donors (Lipinski definition) is 1. The van der Waals surface area contributed by atoms with E-state index in [0.717, 1.165) is 61.9 Å². The molecule has 0 spiro atoms. The fourth-order valence-corrected chi connectivity index (χ4v) is 3.89. The number of hydrogen-bond acceptors (Lipinski definition) is 7. The zero-order valence-electron chi connectivity index (χ0n) is 20.4. The van der Waals surface area contributed by atoms with Crippen LogP contribution in [0.1, 0.15) is 22.6 Å². The Kier molecular flexibility index (Phi) is 9.66. The van der Waals surface area contributed by atoms with Crippen molar-refractivity contribution in [1.82, 2.24) is 24.8 Å². The average molecular weight is 481 g/mol. The molecule has 0 fully saturated rings. The topological polar surface area (TPSA) is 77.7 Å². The van der Waals surface area contributed by atoms with Crippen molar-refractivity contribution in [1.29, 1.82) is 0 Å². The zero-order valence-corrected chi connectivity index (χ0v) is 20.4. The number of pyridine rings is 3. The van der Waals surface area contributed by atoms with E-state index in [9.17, 15) is 5.11 Å². The summed E-state index contributed by atoms with van der Waals surface area (Å²) in [6, 6.07) is 25.3. The lowest BCUT2D eigenvalue weighted by Gasteiger charge is -2.27. The summed E-state index contributed by atoms with van der Waals surface area (Å²) in [6.45, 7) is 5.35. The first-order chi connectivity index (χ1) is 17.8. The van der Waals surface area contributed by atoms with Gasteiger partial charge in [-0.05, 0) is 48.5 Å². The van der Waals surface area contributed by atoms with E-state index in [-0.39, 0.29) is 5.75 Å². The fraction of sp³-hybridized carbons (Fsp3) is 0.241. The number of benzene rings is 1. The van der Waals surface area contributed by atoms with E-state index in [1.807, 2.05) is 73.2 Å². The molecule has 0 radical (unpaired) electrons. The smallest absolute Gasteiger partial charge is 0.124 e. The first kappa shape index (κ1) is 25.2. The molecule has 7 nitrogen and oxygen atoms in total. The molecular formula is C29H32N6O. The van der Waals surface area contributed by atoms with Crippen molar-refractivity contribution in [3.05, 3.63) is 120 Å². The van der Waals surface area contributed by atoms with Gasteiger partial charge >= 0.3 is 0 Å². The first-order valence-corrected chi connectivity index (χ1v) is 12.2. The molecule has 36 heavy (non-hydrogen) atoms. The number of para-hydroxylation sites is 1. The minimum Gasteiger partial charge on any atom is -0.507 e. The molecule has 0 bridgehead atoms. The molecule has 184 valence electrons. The van der Waals surface area contributed by atoms with E-state index in [1.165, 1.54) is 0 Å². The Morgan fingerprint density at radius 2 is 1.11 bits per heavy atom. The van der Waals surface area contributed by atoms with Gasteiger partial charge in [-0.3, -0.25) is 29.7 Å². The maximum Gasteiger partial charge on any atom is 0.124 e. The van der Waals surface area contributed by atoms with Crippen LogP contribution in [0.15, 0.2) is 102 Å². The molecule has 1 aromatic carbocycles. The van der Waals surface area contributed by atoms with Gasteiger partial charge in [0.2, 0.25) is 0 Å². The molecule has 7 heteroatoms. The highest BCUT2D eigenvalue weighted by Gasteiger charge is 2.13. The van der Waals surface area contributed by atoms with E-state index in [2.05, 4.69) is 47.9 Å². The standard InChI is InChI=1S/C29H32N6O/c36-29-13-2-1-9-25(29)21-30-17-18-34(22-26-10-3-6-14-31-26)19-20-35(23-27-11-4-7-15-32-27)24-28-12-5-8-16-33-28/h1-16,21,36H,17-20,22-24H2. The van der Waals surface area contributed by atoms with Crippen LogP contribution in [0, 0.1) is 0 Å². The maximum absolute atomic E-state index is 9.98. The third-order valence-corrected chi connectivity index (χ3v) is 5.78.